The van der Waals surface area contributed by atoms with Gasteiger partial charge >= 0.3 is 0 Å². The van der Waals surface area contributed by atoms with Crippen LogP contribution in [0, 0.1) is 0 Å². The molecular weight excluding hydrogens is 404 g/mol. The van der Waals surface area contributed by atoms with Crippen molar-refractivity contribution in [3.8, 4) is 23.0 Å². The first-order chi connectivity index (χ1) is 14.2. The highest BCUT2D eigenvalue weighted by molar-refractivity contribution is 5.97. The van der Waals surface area contributed by atoms with E-state index in [2.05, 4.69) is 0 Å². The van der Waals surface area contributed by atoms with Crippen molar-refractivity contribution in [1.29, 1.82) is 0 Å². The van der Waals surface area contributed by atoms with Gasteiger partial charge in [-0.2, -0.15) is 0 Å². The summed E-state index contributed by atoms with van der Waals surface area (Å²) in [5, 5.41) is 68.4. The van der Waals surface area contributed by atoms with E-state index in [1.165, 1.54) is 6.07 Å². The Morgan fingerprint density at radius 1 is 0.933 bits per heavy atom. The number of fused-ring (bicyclic) bond motifs is 2. The van der Waals surface area contributed by atoms with Gasteiger partial charge in [0, 0.05) is 12.1 Å². The lowest BCUT2D eigenvalue weighted by Gasteiger charge is -2.39. The fourth-order valence-electron chi connectivity index (χ4n) is 3.37. The zero-order valence-electron chi connectivity index (χ0n) is 15.2. The lowest BCUT2D eigenvalue weighted by atomic mass is 9.99. The highest BCUT2D eigenvalue weighted by Crippen LogP contribution is 2.37. The molecule has 1 aromatic heterocycles. The van der Waals surface area contributed by atoms with Gasteiger partial charge in [-0.3, -0.25) is 4.79 Å². The van der Waals surface area contributed by atoms with Crippen LogP contribution in [-0.2, 0) is 4.74 Å². The number of aliphatic hydroxyl groups excluding tert-OH is 4. The molecule has 0 aliphatic carbocycles. The van der Waals surface area contributed by atoms with Gasteiger partial charge in [0.05, 0.1) is 6.61 Å². The van der Waals surface area contributed by atoms with Crippen molar-refractivity contribution < 1.29 is 49.6 Å². The number of hydrogen-bond acceptors (Lipinski definition) is 11. The molecule has 0 spiro atoms. The number of rotatable bonds is 3. The maximum atomic E-state index is 13.0. The monoisotopic (exact) mass is 422 g/mol. The van der Waals surface area contributed by atoms with Crippen molar-refractivity contribution in [2.24, 2.45) is 0 Å². The Kier molecular flexibility index (Phi) is 4.92. The van der Waals surface area contributed by atoms with Crippen LogP contribution in [0.4, 0.5) is 0 Å². The van der Waals surface area contributed by atoms with E-state index in [9.17, 15) is 40.5 Å². The molecule has 4 rings (SSSR count). The third-order valence-corrected chi connectivity index (χ3v) is 4.93. The maximum Gasteiger partial charge on any atom is 0.229 e. The molecule has 1 fully saturated rings. The largest absolute Gasteiger partial charge is 0.508 e. The van der Waals surface area contributed by atoms with Gasteiger partial charge in [-0.1, -0.05) is 0 Å². The average molecular weight is 422 g/mol. The fraction of sp³-hybridized carbons (Fsp3) is 0.316. The molecule has 30 heavy (non-hydrogen) atoms. The molecular formula is C19H18O11. The molecule has 0 saturated carbocycles. The standard InChI is InChI=1S/C19H18O11/c20-5-11-15(24)17(26)18(27)19(30-11)29-10-4-6(21)3-9-12(10)16(25)13-8(28-9)2-1-7(22)14(13)23/h1-4,11,15,17-24,26-27H,5H2/t11-,15+,17-,18-,19+/m1/s1. The van der Waals surface area contributed by atoms with Crippen LogP contribution in [0.2, 0.25) is 0 Å². The molecule has 7 N–H and O–H groups in total. The van der Waals surface area contributed by atoms with Crippen LogP contribution in [0.1, 0.15) is 0 Å². The molecule has 3 aromatic rings. The second kappa shape index (κ2) is 7.31. The van der Waals surface area contributed by atoms with Crippen LogP contribution in [0.5, 0.6) is 23.0 Å². The second-order valence-electron chi connectivity index (χ2n) is 6.87. The summed E-state index contributed by atoms with van der Waals surface area (Å²) in [6.07, 6.45) is -7.97. The minimum absolute atomic E-state index is 0.0628. The first kappa shape index (κ1) is 20.2. The highest BCUT2D eigenvalue weighted by atomic mass is 16.7. The van der Waals surface area contributed by atoms with Gasteiger partial charge < -0.3 is 49.6 Å². The molecule has 0 amide bonds. The fourth-order valence-corrected chi connectivity index (χ4v) is 3.37. The Morgan fingerprint density at radius 3 is 2.37 bits per heavy atom. The van der Waals surface area contributed by atoms with Crippen molar-refractivity contribution >= 4 is 21.9 Å². The molecule has 1 saturated heterocycles. The molecule has 0 unspecified atom stereocenters. The topological polar surface area (TPSA) is 190 Å². The molecule has 2 aromatic carbocycles. The van der Waals surface area contributed by atoms with Crippen LogP contribution in [0.3, 0.4) is 0 Å². The van der Waals surface area contributed by atoms with Gasteiger partial charge in [0.1, 0.15) is 57.9 Å². The predicted molar refractivity (Wildman–Crippen MR) is 99.4 cm³/mol. The average Bonchev–Trinajstić information content (AvgIpc) is 2.70. The zero-order valence-corrected chi connectivity index (χ0v) is 15.2. The van der Waals surface area contributed by atoms with Gasteiger partial charge in [-0.25, -0.2) is 0 Å². The summed E-state index contributed by atoms with van der Waals surface area (Å²) in [4.78, 5) is 13.0. The Balaban J connectivity index is 1.87. The Labute approximate surface area is 167 Å². The molecule has 160 valence electrons. The van der Waals surface area contributed by atoms with Crippen LogP contribution in [0.15, 0.2) is 33.5 Å². The van der Waals surface area contributed by atoms with Crippen molar-refractivity contribution in [2.75, 3.05) is 6.61 Å². The first-order valence-corrected chi connectivity index (χ1v) is 8.84. The third-order valence-electron chi connectivity index (χ3n) is 4.93. The van der Waals surface area contributed by atoms with Crippen LogP contribution in [-0.4, -0.2) is 73.1 Å². The van der Waals surface area contributed by atoms with E-state index in [1.807, 2.05) is 0 Å². The summed E-state index contributed by atoms with van der Waals surface area (Å²) < 4.78 is 16.3. The SMILES string of the molecule is O=c1c2c(O[C@H]3O[C@H](CO)[C@H](O)[C@@H](O)[C@H]3O)cc(O)cc2oc2ccc(O)c(O)c12. The summed E-state index contributed by atoms with van der Waals surface area (Å²) in [5.41, 5.74) is -0.997. The maximum absolute atomic E-state index is 13.0. The molecule has 0 radical (unpaired) electrons. The second-order valence-corrected chi connectivity index (χ2v) is 6.87. The van der Waals surface area contributed by atoms with E-state index < -0.39 is 54.2 Å². The number of phenols is 3. The van der Waals surface area contributed by atoms with E-state index >= 15 is 0 Å². The highest BCUT2D eigenvalue weighted by Gasteiger charge is 2.45. The summed E-state index contributed by atoms with van der Waals surface area (Å²) >= 11 is 0. The minimum atomic E-state index is -1.76. The number of aliphatic hydroxyl groups is 4. The van der Waals surface area contributed by atoms with E-state index in [0.717, 1.165) is 18.2 Å². The molecule has 5 atom stereocenters. The summed E-state index contributed by atoms with van der Waals surface area (Å²) in [6.45, 7) is -0.689. The molecule has 11 nitrogen and oxygen atoms in total. The molecule has 1 aliphatic rings. The van der Waals surface area contributed by atoms with Gasteiger partial charge in [0.25, 0.3) is 0 Å². The summed E-state index contributed by atoms with van der Waals surface area (Å²) in [6, 6.07) is 4.53. The summed E-state index contributed by atoms with van der Waals surface area (Å²) in [5.74, 6) is -1.96. The number of phenolic OH excluding ortho intramolecular Hbond substituents is 3. The quantitative estimate of drug-likeness (QED) is 0.207. The first-order valence-electron chi connectivity index (χ1n) is 8.84. The van der Waals surface area contributed by atoms with Crippen LogP contribution in [0.25, 0.3) is 21.9 Å². The number of benzene rings is 2. The Hall–Kier alpha value is -3.09. The third kappa shape index (κ3) is 3.09. The number of ether oxygens (including phenoxy) is 2. The molecule has 0 bridgehead atoms. The Morgan fingerprint density at radius 2 is 1.67 bits per heavy atom. The van der Waals surface area contributed by atoms with Crippen LogP contribution < -0.4 is 10.2 Å². The number of aromatic hydroxyl groups is 3. The Bertz CT molecular complexity index is 1170. The van der Waals surface area contributed by atoms with Gasteiger partial charge in [-0.05, 0) is 12.1 Å². The van der Waals surface area contributed by atoms with Crippen molar-refractivity contribution in [3.05, 3.63) is 34.5 Å². The lowest BCUT2D eigenvalue weighted by molar-refractivity contribution is -0.277. The summed E-state index contributed by atoms with van der Waals surface area (Å²) in [7, 11) is 0. The van der Waals surface area contributed by atoms with Crippen molar-refractivity contribution in [3.63, 3.8) is 0 Å². The van der Waals surface area contributed by atoms with Crippen LogP contribution >= 0.6 is 0 Å². The zero-order chi connectivity index (χ0) is 21.7. The molecule has 11 heteroatoms. The lowest BCUT2D eigenvalue weighted by Crippen LogP contribution is -2.60. The van der Waals surface area contributed by atoms with Crippen molar-refractivity contribution in [2.45, 2.75) is 30.7 Å². The van der Waals surface area contributed by atoms with Gasteiger partial charge in [0.15, 0.2) is 11.5 Å². The predicted octanol–water partition coefficient (Wildman–Crippen LogP) is -0.758. The van der Waals surface area contributed by atoms with E-state index in [-0.39, 0.29) is 33.4 Å². The molecule has 2 heterocycles. The normalized spacial score (nSPS) is 26.9. The minimum Gasteiger partial charge on any atom is -0.508 e. The van der Waals surface area contributed by atoms with Gasteiger partial charge in [0.2, 0.25) is 11.7 Å². The number of hydrogen-bond donors (Lipinski definition) is 7. The van der Waals surface area contributed by atoms with Gasteiger partial charge in [-0.15, -0.1) is 0 Å². The van der Waals surface area contributed by atoms with E-state index in [0.29, 0.717) is 0 Å². The van der Waals surface area contributed by atoms with E-state index in [1.54, 1.807) is 0 Å². The van der Waals surface area contributed by atoms with Crippen molar-refractivity contribution in [1.82, 2.24) is 0 Å². The van der Waals surface area contributed by atoms with E-state index in [4.69, 9.17) is 13.9 Å². The smallest absolute Gasteiger partial charge is 0.229 e. The molecule has 1 aliphatic heterocycles.